The van der Waals surface area contributed by atoms with Crippen LogP contribution in [0.1, 0.15) is 25.1 Å². The molecule has 0 atom stereocenters. The number of hydrogen-bond donors (Lipinski definition) is 1. The van der Waals surface area contributed by atoms with Gasteiger partial charge < -0.3 is 19.8 Å². The van der Waals surface area contributed by atoms with Crippen LogP contribution in [0, 0.1) is 13.8 Å². The van der Waals surface area contributed by atoms with E-state index in [2.05, 4.69) is 0 Å². The second-order valence-corrected chi connectivity index (χ2v) is 5.32. The van der Waals surface area contributed by atoms with Gasteiger partial charge in [-0.05, 0) is 51.5 Å². The van der Waals surface area contributed by atoms with Gasteiger partial charge in [-0.25, -0.2) is 9.59 Å². The fourth-order valence-corrected chi connectivity index (χ4v) is 2.62. The summed E-state index contributed by atoms with van der Waals surface area (Å²) >= 11 is 0. The van der Waals surface area contributed by atoms with Crippen molar-refractivity contribution in [3.63, 3.8) is 0 Å². The first-order valence-electron chi connectivity index (χ1n) is 7.83. The predicted molar refractivity (Wildman–Crippen MR) is 93.4 cm³/mol. The maximum Gasteiger partial charge on any atom is 0.355 e. The fraction of sp³-hybridized carbons (Fsp3) is 0.333. The van der Waals surface area contributed by atoms with Gasteiger partial charge in [0.05, 0.1) is 24.8 Å². The van der Waals surface area contributed by atoms with Gasteiger partial charge in [0.1, 0.15) is 5.70 Å². The summed E-state index contributed by atoms with van der Waals surface area (Å²) in [6.07, 6.45) is 1.17. The van der Waals surface area contributed by atoms with Crippen molar-refractivity contribution in [2.24, 2.45) is 0 Å². The predicted octanol–water partition coefficient (Wildman–Crippen LogP) is 2.81. The van der Waals surface area contributed by atoms with E-state index < -0.39 is 11.9 Å². The molecule has 2 rings (SSSR count). The largest absolute Gasteiger partial charge is 0.463 e. The molecule has 0 bridgehead atoms. The number of nitrogens with zero attached hydrogens (tertiary/aromatic N) is 1. The highest BCUT2D eigenvalue weighted by molar-refractivity contribution is 6.17. The summed E-state index contributed by atoms with van der Waals surface area (Å²) < 4.78 is 11.8. The highest BCUT2D eigenvalue weighted by Crippen LogP contribution is 2.30. The SMILES string of the molecule is CCOC(=O)/C=C(/C(=O)OCC)n1c(C)c(C)c2cc(N)ccc21. The van der Waals surface area contributed by atoms with Gasteiger partial charge in [-0.3, -0.25) is 0 Å². The van der Waals surface area contributed by atoms with Gasteiger partial charge in [0, 0.05) is 16.8 Å². The second kappa shape index (κ2) is 7.21. The van der Waals surface area contributed by atoms with Crippen LogP contribution in [0.5, 0.6) is 0 Å². The fourth-order valence-electron chi connectivity index (χ4n) is 2.62. The number of nitrogen functional groups attached to an aromatic ring is 1. The number of nitrogens with two attached hydrogens (primary N) is 1. The number of benzene rings is 1. The van der Waals surface area contributed by atoms with Crippen LogP contribution >= 0.6 is 0 Å². The number of aryl methyl sites for hydroxylation is 1. The normalized spacial score (nSPS) is 11.6. The van der Waals surface area contributed by atoms with Crippen LogP contribution in [0.15, 0.2) is 24.3 Å². The average molecular weight is 330 g/mol. The summed E-state index contributed by atoms with van der Waals surface area (Å²) in [7, 11) is 0. The number of aromatic nitrogens is 1. The zero-order chi connectivity index (χ0) is 17.9. The number of fused-ring (bicyclic) bond motifs is 1. The van der Waals surface area contributed by atoms with Crippen LogP contribution in [0.3, 0.4) is 0 Å². The van der Waals surface area contributed by atoms with Gasteiger partial charge in [-0.1, -0.05) is 0 Å². The van der Waals surface area contributed by atoms with E-state index in [4.69, 9.17) is 15.2 Å². The van der Waals surface area contributed by atoms with Crippen LogP contribution in [0.2, 0.25) is 0 Å². The van der Waals surface area contributed by atoms with Crippen LogP contribution in [-0.4, -0.2) is 29.7 Å². The first kappa shape index (κ1) is 17.6. The van der Waals surface area contributed by atoms with E-state index in [0.717, 1.165) is 22.2 Å². The third-order valence-corrected chi connectivity index (χ3v) is 3.81. The molecule has 1 aromatic carbocycles. The van der Waals surface area contributed by atoms with Crippen molar-refractivity contribution in [3.05, 3.63) is 35.5 Å². The molecule has 1 heterocycles. The quantitative estimate of drug-likeness (QED) is 0.518. The lowest BCUT2D eigenvalue weighted by Gasteiger charge is -2.12. The minimum Gasteiger partial charge on any atom is -0.463 e. The minimum atomic E-state index is -0.588. The average Bonchev–Trinajstić information content (AvgIpc) is 2.77. The molecule has 0 spiro atoms. The smallest absolute Gasteiger partial charge is 0.355 e. The lowest BCUT2D eigenvalue weighted by molar-refractivity contribution is -0.139. The Balaban J connectivity index is 2.70. The van der Waals surface area contributed by atoms with Crippen LogP contribution in [-0.2, 0) is 19.1 Å². The van der Waals surface area contributed by atoms with Crippen molar-refractivity contribution >= 4 is 34.2 Å². The lowest BCUT2D eigenvalue weighted by Crippen LogP contribution is -2.16. The maximum atomic E-state index is 12.4. The van der Waals surface area contributed by atoms with Gasteiger partial charge in [0.15, 0.2) is 0 Å². The molecule has 0 saturated carbocycles. The number of carbonyl (C=O) groups is 2. The van der Waals surface area contributed by atoms with Crippen molar-refractivity contribution < 1.29 is 19.1 Å². The summed E-state index contributed by atoms with van der Waals surface area (Å²) in [5.74, 6) is -1.17. The van der Waals surface area contributed by atoms with Crippen molar-refractivity contribution in [2.45, 2.75) is 27.7 Å². The molecule has 0 radical (unpaired) electrons. The summed E-state index contributed by atoms with van der Waals surface area (Å²) in [6.45, 7) is 7.69. The maximum absolute atomic E-state index is 12.4. The van der Waals surface area contributed by atoms with Crippen LogP contribution < -0.4 is 5.73 Å². The van der Waals surface area contributed by atoms with Crippen LogP contribution in [0.4, 0.5) is 5.69 Å². The molecule has 2 aromatic rings. The van der Waals surface area contributed by atoms with Crippen molar-refractivity contribution in [1.82, 2.24) is 4.57 Å². The number of esters is 2. The molecule has 2 N–H and O–H groups in total. The zero-order valence-electron chi connectivity index (χ0n) is 14.4. The number of ether oxygens (including phenoxy) is 2. The number of anilines is 1. The molecule has 6 heteroatoms. The van der Waals surface area contributed by atoms with E-state index in [0.29, 0.717) is 5.69 Å². The molecule has 0 aliphatic heterocycles. The monoisotopic (exact) mass is 330 g/mol. The molecule has 0 aliphatic carbocycles. The molecule has 1 aromatic heterocycles. The van der Waals surface area contributed by atoms with Gasteiger partial charge >= 0.3 is 11.9 Å². The first-order chi connectivity index (χ1) is 11.4. The van der Waals surface area contributed by atoms with E-state index in [1.165, 1.54) is 6.08 Å². The van der Waals surface area contributed by atoms with Crippen LogP contribution in [0.25, 0.3) is 16.6 Å². The first-order valence-corrected chi connectivity index (χ1v) is 7.83. The van der Waals surface area contributed by atoms with Gasteiger partial charge in [0.25, 0.3) is 0 Å². The van der Waals surface area contributed by atoms with E-state index in [9.17, 15) is 9.59 Å². The molecule has 6 nitrogen and oxygen atoms in total. The zero-order valence-corrected chi connectivity index (χ0v) is 14.4. The molecule has 0 amide bonds. The summed E-state index contributed by atoms with van der Waals surface area (Å²) in [4.78, 5) is 24.3. The van der Waals surface area contributed by atoms with E-state index in [1.807, 2.05) is 26.0 Å². The van der Waals surface area contributed by atoms with E-state index in [-0.39, 0.29) is 18.9 Å². The molecule has 128 valence electrons. The van der Waals surface area contributed by atoms with Crippen molar-refractivity contribution in [2.75, 3.05) is 18.9 Å². The molecular weight excluding hydrogens is 308 g/mol. The lowest BCUT2D eigenvalue weighted by atomic mass is 10.1. The Labute approximate surface area is 140 Å². The van der Waals surface area contributed by atoms with E-state index in [1.54, 1.807) is 24.5 Å². The Morgan fingerprint density at radius 1 is 1.17 bits per heavy atom. The van der Waals surface area contributed by atoms with Gasteiger partial charge in [-0.15, -0.1) is 0 Å². The molecule has 0 saturated heterocycles. The third-order valence-electron chi connectivity index (χ3n) is 3.81. The standard InChI is InChI=1S/C18H22N2O4/c1-5-23-17(21)10-16(18(22)24-6-2)20-12(4)11(3)14-9-13(19)7-8-15(14)20/h7-10H,5-6,19H2,1-4H3/b16-10-. The Morgan fingerprint density at radius 2 is 1.83 bits per heavy atom. The number of hydrogen-bond acceptors (Lipinski definition) is 5. The second-order valence-electron chi connectivity index (χ2n) is 5.32. The Kier molecular flexibility index (Phi) is 5.28. The summed E-state index contributed by atoms with van der Waals surface area (Å²) in [5.41, 5.74) is 9.22. The Morgan fingerprint density at radius 3 is 2.46 bits per heavy atom. The van der Waals surface area contributed by atoms with Crippen molar-refractivity contribution in [1.29, 1.82) is 0 Å². The number of rotatable bonds is 5. The molecular formula is C18H22N2O4. The molecule has 0 aliphatic rings. The topological polar surface area (TPSA) is 83.6 Å². The number of carbonyl (C=O) groups excluding carboxylic acids is 2. The third kappa shape index (κ3) is 3.27. The minimum absolute atomic E-state index is 0.121. The Hall–Kier alpha value is -2.76. The molecule has 24 heavy (non-hydrogen) atoms. The summed E-state index contributed by atoms with van der Waals surface area (Å²) in [5, 5.41) is 0.923. The van der Waals surface area contributed by atoms with Gasteiger partial charge in [0.2, 0.25) is 0 Å². The van der Waals surface area contributed by atoms with E-state index >= 15 is 0 Å². The van der Waals surface area contributed by atoms with Gasteiger partial charge in [-0.2, -0.15) is 0 Å². The van der Waals surface area contributed by atoms with Crippen molar-refractivity contribution in [3.8, 4) is 0 Å². The molecule has 0 fully saturated rings. The highest BCUT2D eigenvalue weighted by Gasteiger charge is 2.21. The highest BCUT2D eigenvalue weighted by atomic mass is 16.5. The summed E-state index contributed by atoms with van der Waals surface area (Å²) in [6, 6.07) is 5.43. The Bertz CT molecular complexity index is 818. The molecule has 0 unspecified atom stereocenters.